The molecule has 2 aromatic rings. The molecule has 0 bridgehead atoms. The maximum absolute atomic E-state index is 9.21. The normalized spacial score (nSPS) is 21.5. The zero-order chi connectivity index (χ0) is 15.4. The molecule has 0 radical (unpaired) electrons. The van der Waals surface area contributed by atoms with E-state index in [9.17, 15) is 5.11 Å². The van der Waals surface area contributed by atoms with Crippen molar-refractivity contribution in [3.63, 3.8) is 0 Å². The van der Waals surface area contributed by atoms with Crippen molar-refractivity contribution < 1.29 is 5.11 Å². The first-order chi connectivity index (χ1) is 10.8. The molecular weight excluding hydrogens is 276 g/mol. The molecule has 0 atom stereocenters. The molecule has 1 aliphatic carbocycles. The number of hydrogen-bond donors (Lipinski definition) is 3. The van der Waals surface area contributed by atoms with E-state index in [1.807, 2.05) is 30.3 Å². The van der Waals surface area contributed by atoms with E-state index >= 15 is 0 Å². The van der Waals surface area contributed by atoms with Gasteiger partial charge in [-0.3, -0.25) is 0 Å². The van der Waals surface area contributed by atoms with Crippen LogP contribution in [0.1, 0.15) is 25.7 Å². The number of aliphatic hydroxyl groups is 1. The first kappa shape index (κ1) is 14.8. The van der Waals surface area contributed by atoms with Gasteiger partial charge in [0.05, 0.1) is 11.9 Å². The molecular formula is C17H22N4O. The summed E-state index contributed by atoms with van der Waals surface area (Å²) in [7, 11) is 0. The summed E-state index contributed by atoms with van der Waals surface area (Å²) in [5.41, 5.74) is 7.81. The van der Waals surface area contributed by atoms with Crippen molar-refractivity contribution >= 4 is 11.6 Å². The Hall–Kier alpha value is -2.14. The van der Waals surface area contributed by atoms with E-state index in [0.717, 1.165) is 36.9 Å². The van der Waals surface area contributed by atoms with Gasteiger partial charge in [-0.2, -0.15) is 0 Å². The molecule has 1 fully saturated rings. The van der Waals surface area contributed by atoms with Gasteiger partial charge in [-0.25, -0.2) is 9.97 Å². The number of nitrogens with two attached hydrogens (primary N) is 1. The van der Waals surface area contributed by atoms with Crippen LogP contribution in [0, 0.1) is 5.92 Å². The van der Waals surface area contributed by atoms with Crippen LogP contribution in [0.25, 0.3) is 11.3 Å². The van der Waals surface area contributed by atoms with E-state index < -0.39 is 0 Å². The average Bonchev–Trinajstić information content (AvgIpc) is 2.58. The number of anilines is 2. The molecule has 1 aromatic heterocycles. The number of benzene rings is 1. The van der Waals surface area contributed by atoms with Crippen LogP contribution in [-0.4, -0.2) is 27.7 Å². The van der Waals surface area contributed by atoms with Crippen LogP contribution < -0.4 is 11.1 Å². The molecule has 1 aromatic carbocycles. The predicted molar refractivity (Wildman–Crippen MR) is 88.3 cm³/mol. The molecule has 1 saturated carbocycles. The van der Waals surface area contributed by atoms with E-state index in [1.54, 1.807) is 6.20 Å². The summed E-state index contributed by atoms with van der Waals surface area (Å²) in [5, 5.41) is 12.6. The Kier molecular flexibility index (Phi) is 4.53. The van der Waals surface area contributed by atoms with Crippen molar-refractivity contribution in [2.45, 2.75) is 31.7 Å². The second-order valence-electron chi connectivity index (χ2n) is 5.90. The van der Waals surface area contributed by atoms with Crippen molar-refractivity contribution in [3.05, 3.63) is 36.5 Å². The number of nitrogens with one attached hydrogen (secondary N) is 1. The summed E-state index contributed by atoms with van der Waals surface area (Å²) in [6.45, 7) is 0.290. The zero-order valence-electron chi connectivity index (χ0n) is 12.6. The SMILES string of the molecule is Nc1ncc(-c2ccccc2)nc1NC1CCC(CO)CC1. The van der Waals surface area contributed by atoms with Gasteiger partial charge in [0.25, 0.3) is 0 Å². The van der Waals surface area contributed by atoms with Crippen molar-refractivity contribution in [1.29, 1.82) is 0 Å². The van der Waals surface area contributed by atoms with E-state index in [2.05, 4.69) is 15.3 Å². The third-order valence-corrected chi connectivity index (χ3v) is 4.32. The van der Waals surface area contributed by atoms with Gasteiger partial charge in [-0.15, -0.1) is 0 Å². The highest BCUT2D eigenvalue weighted by Gasteiger charge is 2.21. The van der Waals surface area contributed by atoms with E-state index in [1.165, 1.54) is 0 Å². The maximum Gasteiger partial charge on any atom is 0.169 e. The lowest BCUT2D eigenvalue weighted by atomic mass is 9.86. The molecule has 4 N–H and O–H groups in total. The van der Waals surface area contributed by atoms with E-state index in [-0.39, 0.29) is 6.61 Å². The Labute approximate surface area is 130 Å². The van der Waals surface area contributed by atoms with Crippen molar-refractivity contribution in [1.82, 2.24) is 9.97 Å². The van der Waals surface area contributed by atoms with Crippen molar-refractivity contribution in [3.8, 4) is 11.3 Å². The van der Waals surface area contributed by atoms with Crippen molar-refractivity contribution in [2.75, 3.05) is 17.7 Å². The van der Waals surface area contributed by atoms with Gasteiger partial charge < -0.3 is 16.2 Å². The molecule has 5 heteroatoms. The number of aliphatic hydroxyl groups excluding tert-OH is 1. The second-order valence-corrected chi connectivity index (χ2v) is 5.90. The Morgan fingerprint density at radius 3 is 2.55 bits per heavy atom. The van der Waals surface area contributed by atoms with Crippen LogP contribution in [0.15, 0.2) is 36.5 Å². The Morgan fingerprint density at radius 1 is 1.14 bits per heavy atom. The largest absolute Gasteiger partial charge is 0.396 e. The zero-order valence-corrected chi connectivity index (χ0v) is 12.6. The fourth-order valence-corrected chi connectivity index (χ4v) is 2.94. The fourth-order valence-electron chi connectivity index (χ4n) is 2.94. The topological polar surface area (TPSA) is 84.1 Å². The van der Waals surface area contributed by atoms with Crippen molar-refractivity contribution in [2.24, 2.45) is 5.92 Å². The minimum absolute atomic E-state index is 0.290. The first-order valence-electron chi connectivity index (χ1n) is 7.81. The highest BCUT2D eigenvalue weighted by molar-refractivity contribution is 5.65. The fraction of sp³-hybridized carbons (Fsp3) is 0.412. The lowest BCUT2D eigenvalue weighted by Crippen LogP contribution is -2.28. The number of hydrogen-bond acceptors (Lipinski definition) is 5. The number of aromatic nitrogens is 2. The number of nitrogen functional groups attached to an aromatic ring is 1. The molecule has 0 spiro atoms. The molecule has 1 heterocycles. The van der Waals surface area contributed by atoms with Gasteiger partial charge in [-0.05, 0) is 31.6 Å². The van der Waals surface area contributed by atoms with Gasteiger partial charge in [0.1, 0.15) is 0 Å². The quantitative estimate of drug-likeness (QED) is 0.808. The standard InChI is InChI=1S/C17H22N4O/c18-16-17(20-14-8-6-12(11-22)7-9-14)21-15(10-19-16)13-4-2-1-3-5-13/h1-5,10,12,14,22H,6-9,11H2,(H2,18,19)(H,20,21). The molecule has 0 amide bonds. The average molecular weight is 298 g/mol. The summed E-state index contributed by atoms with van der Waals surface area (Å²) in [5.74, 6) is 1.54. The van der Waals surface area contributed by atoms with Crippen LogP contribution in [0.3, 0.4) is 0 Å². The summed E-state index contributed by atoms with van der Waals surface area (Å²) in [6, 6.07) is 10.3. The Balaban J connectivity index is 1.74. The molecule has 1 aliphatic rings. The molecule has 3 rings (SSSR count). The summed E-state index contributed by atoms with van der Waals surface area (Å²) in [4.78, 5) is 8.89. The summed E-state index contributed by atoms with van der Waals surface area (Å²) in [6.07, 6.45) is 5.85. The van der Waals surface area contributed by atoms with E-state index in [0.29, 0.717) is 23.6 Å². The van der Waals surface area contributed by atoms with E-state index in [4.69, 9.17) is 5.73 Å². The lowest BCUT2D eigenvalue weighted by molar-refractivity contribution is 0.185. The Morgan fingerprint density at radius 2 is 1.86 bits per heavy atom. The minimum atomic E-state index is 0.290. The Bertz CT molecular complexity index is 609. The number of nitrogens with zero attached hydrogens (tertiary/aromatic N) is 2. The smallest absolute Gasteiger partial charge is 0.169 e. The molecule has 5 nitrogen and oxygen atoms in total. The molecule has 0 unspecified atom stereocenters. The lowest BCUT2D eigenvalue weighted by Gasteiger charge is -2.28. The van der Waals surface area contributed by atoms with Crippen LogP contribution in [0.5, 0.6) is 0 Å². The summed E-state index contributed by atoms with van der Waals surface area (Å²) >= 11 is 0. The summed E-state index contributed by atoms with van der Waals surface area (Å²) < 4.78 is 0. The van der Waals surface area contributed by atoms with Gasteiger partial charge in [0.15, 0.2) is 11.6 Å². The first-order valence-corrected chi connectivity index (χ1v) is 7.81. The van der Waals surface area contributed by atoms with Gasteiger partial charge in [-0.1, -0.05) is 30.3 Å². The third-order valence-electron chi connectivity index (χ3n) is 4.32. The van der Waals surface area contributed by atoms with Crippen LogP contribution >= 0.6 is 0 Å². The van der Waals surface area contributed by atoms with Gasteiger partial charge in [0, 0.05) is 18.2 Å². The van der Waals surface area contributed by atoms with Gasteiger partial charge in [0.2, 0.25) is 0 Å². The minimum Gasteiger partial charge on any atom is -0.396 e. The van der Waals surface area contributed by atoms with Crippen LogP contribution in [0.2, 0.25) is 0 Å². The van der Waals surface area contributed by atoms with Crippen LogP contribution in [-0.2, 0) is 0 Å². The second kappa shape index (κ2) is 6.75. The van der Waals surface area contributed by atoms with Gasteiger partial charge >= 0.3 is 0 Å². The number of rotatable bonds is 4. The molecule has 0 saturated heterocycles. The maximum atomic E-state index is 9.21. The highest BCUT2D eigenvalue weighted by Crippen LogP contribution is 2.28. The molecule has 22 heavy (non-hydrogen) atoms. The highest BCUT2D eigenvalue weighted by atomic mass is 16.3. The third kappa shape index (κ3) is 3.36. The monoisotopic (exact) mass is 298 g/mol. The van der Waals surface area contributed by atoms with Crippen LogP contribution in [0.4, 0.5) is 11.6 Å². The predicted octanol–water partition coefficient (Wildman–Crippen LogP) is 2.69. The molecule has 0 aliphatic heterocycles. The molecule has 116 valence electrons.